The normalized spacial score (nSPS) is 10.4. The van der Waals surface area contributed by atoms with E-state index in [-0.39, 0.29) is 28.2 Å². The maximum absolute atomic E-state index is 13.7. The summed E-state index contributed by atoms with van der Waals surface area (Å²) < 4.78 is 13.7. The molecule has 3 N–H and O–H groups in total. The third-order valence-electron chi connectivity index (χ3n) is 2.94. The Bertz CT molecular complexity index is 735. The predicted octanol–water partition coefficient (Wildman–Crippen LogP) is 2.03. The van der Waals surface area contributed by atoms with Crippen LogP contribution in [0.1, 0.15) is 27.8 Å². The second-order valence-electron chi connectivity index (χ2n) is 4.30. The minimum atomic E-state index is -1.07. The first kappa shape index (κ1) is 14.4. The predicted molar refractivity (Wildman–Crippen MR) is 71.4 cm³/mol. The summed E-state index contributed by atoms with van der Waals surface area (Å²) in [5, 5.41) is 10.6. The van der Waals surface area contributed by atoms with Gasteiger partial charge in [0.25, 0.3) is 5.91 Å². The van der Waals surface area contributed by atoms with E-state index in [9.17, 15) is 24.1 Å². The Morgan fingerprint density at radius 1 is 1.38 bits per heavy atom. The van der Waals surface area contributed by atoms with E-state index >= 15 is 0 Å². The van der Waals surface area contributed by atoms with Crippen LogP contribution in [-0.4, -0.2) is 21.6 Å². The Kier molecular flexibility index (Phi) is 3.53. The molecule has 0 spiro atoms. The summed E-state index contributed by atoms with van der Waals surface area (Å²) in [6.07, 6.45) is 1.29. The molecular weight excluding hydrogens is 281 g/mol. The average molecular weight is 291 g/mol. The number of benzene rings is 1. The molecular formula is C13H10FN3O4. The van der Waals surface area contributed by atoms with Gasteiger partial charge in [-0.2, -0.15) is 4.39 Å². The van der Waals surface area contributed by atoms with Crippen molar-refractivity contribution in [2.75, 3.05) is 0 Å². The molecule has 0 bridgehead atoms. The first-order valence-electron chi connectivity index (χ1n) is 5.79. The molecule has 0 aliphatic heterocycles. The van der Waals surface area contributed by atoms with Gasteiger partial charge in [0, 0.05) is 23.4 Å². The topological polar surface area (TPSA) is 119 Å². The smallest absolute Gasteiger partial charge is 0.304 e. The summed E-state index contributed by atoms with van der Waals surface area (Å²) in [4.78, 5) is 35.2. The number of nitro groups is 1. The standard InChI is InChI=1S/C13H10FN3O4/c1-6(18)8-5-16-12(13(15)19)11(8)7-2-3-10(17(20)21)9(14)4-7/h2-5,16H,1H3,(H2,15,19). The molecule has 0 atom stereocenters. The number of halogens is 1. The van der Waals surface area contributed by atoms with Gasteiger partial charge in [0.15, 0.2) is 5.78 Å². The van der Waals surface area contributed by atoms with E-state index in [4.69, 9.17) is 5.73 Å². The van der Waals surface area contributed by atoms with Crippen LogP contribution in [-0.2, 0) is 0 Å². The second kappa shape index (κ2) is 5.16. The van der Waals surface area contributed by atoms with Crippen molar-refractivity contribution < 1.29 is 18.9 Å². The number of amides is 1. The van der Waals surface area contributed by atoms with Gasteiger partial charge in [-0.05, 0) is 24.6 Å². The van der Waals surface area contributed by atoms with Gasteiger partial charge in [-0.3, -0.25) is 19.7 Å². The zero-order valence-corrected chi connectivity index (χ0v) is 10.8. The van der Waals surface area contributed by atoms with Crippen LogP contribution >= 0.6 is 0 Å². The van der Waals surface area contributed by atoms with Crippen LogP contribution < -0.4 is 5.73 Å². The van der Waals surface area contributed by atoms with Crippen molar-refractivity contribution in [3.8, 4) is 11.1 Å². The van der Waals surface area contributed by atoms with Gasteiger partial charge in [-0.15, -0.1) is 0 Å². The van der Waals surface area contributed by atoms with Crippen LogP contribution in [0, 0.1) is 15.9 Å². The van der Waals surface area contributed by atoms with E-state index in [0.717, 1.165) is 12.1 Å². The molecule has 1 aromatic heterocycles. The summed E-state index contributed by atoms with van der Waals surface area (Å²) >= 11 is 0. The van der Waals surface area contributed by atoms with Gasteiger partial charge >= 0.3 is 5.69 Å². The number of hydrogen-bond donors (Lipinski definition) is 2. The van der Waals surface area contributed by atoms with Crippen LogP contribution in [0.25, 0.3) is 11.1 Å². The molecule has 0 aliphatic carbocycles. The van der Waals surface area contributed by atoms with Crippen LogP contribution in [0.2, 0.25) is 0 Å². The van der Waals surface area contributed by atoms with Gasteiger partial charge in [0.2, 0.25) is 5.82 Å². The molecule has 2 rings (SSSR count). The van der Waals surface area contributed by atoms with Crippen molar-refractivity contribution in [1.82, 2.24) is 4.98 Å². The molecule has 21 heavy (non-hydrogen) atoms. The number of primary amides is 1. The lowest BCUT2D eigenvalue weighted by molar-refractivity contribution is -0.387. The minimum Gasteiger partial charge on any atom is -0.364 e. The number of H-pyrrole nitrogens is 1. The Balaban J connectivity index is 2.68. The van der Waals surface area contributed by atoms with Gasteiger partial charge in [0.1, 0.15) is 5.69 Å². The quantitative estimate of drug-likeness (QED) is 0.508. The first-order chi connectivity index (χ1) is 9.82. The highest BCUT2D eigenvalue weighted by Gasteiger charge is 2.22. The number of rotatable bonds is 4. The molecule has 0 aliphatic rings. The van der Waals surface area contributed by atoms with E-state index < -0.39 is 22.3 Å². The molecule has 108 valence electrons. The lowest BCUT2D eigenvalue weighted by Crippen LogP contribution is -2.13. The number of carbonyl (C=O) groups excluding carboxylic acids is 2. The minimum absolute atomic E-state index is 0.0616. The van der Waals surface area contributed by atoms with Crippen LogP contribution in [0.4, 0.5) is 10.1 Å². The van der Waals surface area contributed by atoms with Crippen LogP contribution in [0.3, 0.4) is 0 Å². The largest absolute Gasteiger partial charge is 0.364 e. The molecule has 1 aromatic carbocycles. The Morgan fingerprint density at radius 2 is 2.05 bits per heavy atom. The molecule has 0 unspecified atom stereocenters. The third-order valence-corrected chi connectivity index (χ3v) is 2.94. The number of nitrogens with zero attached hydrogens (tertiary/aromatic N) is 1. The van der Waals surface area contributed by atoms with Gasteiger partial charge in [-0.25, -0.2) is 0 Å². The Morgan fingerprint density at radius 3 is 2.52 bits per heavy atom. The highest BCUT2D eigenvalue weighted by molar-refractivity contribution is 6.08. The highest BCUT2D eigenvalue weighted by Crippen LogP contribution is 2.31. The molecule has 0 radical (unpaired) electrons. The molecule has 1 amide bonds. The maximum atomic E-state index is 13.7. The van der Waals surface area contributed by atoms with E-state index in [0.29, 0.717) is 0 Å². The van der Waals surface area contributed by atoms with Crippen molar-refractivity contribution in [2.24, 2.45) is 5.73 Å². The molecule has 0 saturated carbocycles. The van der Waals surface area contributed by atoms with Crippen molar-refractivity contribution in [1.29, 1.82) is 0 Å². The zero-order chi connectivity index (χ0) is 15.7. The number of nitro benzene ring substituents is 1. The van der Waals surface area contributed by atoms with E-state index in [2.05, 4.69) is 4.98 Å². The fourth-order valence-corrected chi connectivity index (χ4v) is 2.01. The molecule has 0 fully saturated rings. The van der Waals surface area contributed by atoms with E-state index in [1.807, 2.05) is 0 Å². The molecule has 0 saturated heterocycles. The molecule has 1 heterocycles. The number of aromatic amines is 1. The molecule has 7 nitrogen and oxygen atoms in total. The van der Waals surface area contributed by atoms with Gasteiger partial charge in [-0.1, -0.05) is 0 Å². The summed E-state index contributed by atoms with van der Waals surface area (Å²) in [5.74, 6) is -2.24. The lowest BCUT2D eigenvalue weighted by Gasteiger charge is -2.05. The monoisotopic (exact) mass is 291 g/mol. The Labute approximate surface area is 117 Å². The Hall–Kier alpha value is -3.03. The number of ketones is 1. The number of hydrogen-bond acceptors (Lipinski definition) is 4. The average Bonchev–Trinajstić information content (AvgIpc) is 2.82. The van der Waals surface area contributed by atoms with Crippen molar-refractivity contribution in [2.45, 2.75) is 6.92 Å². The summed E-state index contributed by atoms with van der Waals surface area (Å²) in [7, 11) is 0. The summed E-state index contributed by atoms with van der Waals surface area (Å²) in [6, 6.07) is 3.11. The fourth-order valence-electron chi connectivity index (χ4n) is 2.01. The number of nitrogens with two attached hydrogens (primary N) is 1. The van der Waals surface area contributed by atoms with E-state index in [1.165, 1.54) is 19.2 Å². The molecule has 8 heteroatoms. The fraction of sp³-hybridized carbons (Fsp3) is 0.0769. The summed E-state index contributed by atoms with van der Waals surface area (Å²) in [5.41, 5.74) is 4.87. The van der Waals surface area contributed by atoms with E-state index in [1.54, 1.807) is 0 Å². The molecule has 2 aromatic rings. The van der Waals surface area contributed by atoms with Crippen LogP contribution in [0.15, 0.2) is 24.4 Å². The van der Waals surface area contributed by atoms with Gasteiger partial charge in [0.05, 0.1) is 4.92 Å². The third kappa shape index (κ3) is 2.50. The second-order valence-corrected chi connectivity index (χ2v) is 4.30. The number of aromatic nitrogens is 1. The van der Waals surface area contributed by atoms with Crippen LogP contribution in [0.5, 0.6) is 0 Å². The number of Topliss-reactive ketones (excluding diaryl/α,β-unsaturated/α-hetero) is 1. The number of nitrogens with one attached hydrogen (secondary N) is 1. The lowest BCUT2D eigenvalue weighted by atomic mass is 9.99. The highest BCUT2D eigenvalue weighted by atomic mass is 19.1. The maximum Gasteiger partial charge on any atom is 0.304 e. The number of carbonyl (C=O) groups is 2. The first-order valence-corrected chi connectivity index (χ1v) is 5.79. The van der Waals surface area contributed by atoms with Gasteiger partial charge < -0.3 is 10.7 Å². The SMILES string of the molecule is CC(=O)c1c[nH]c(C(N)=O)c1-c1ccc([N+](=O)[O-])c(F)c1. The zero-order valence-electron chi connectivity index (χ0n) is 10.8. The van der Waals surface area contributed by atoms with Crippen molar-refractivity contribution >= 4 is 17.4 Å². The van der Waals surface area contributed by atoms with Crippen molar-refractivity contribution in [3.63, 3.8) is 0 Å². The van der Waals surface area contributed by atoms with Crippen molar-refractivity contribution in [3.05, 3.63) is 51.6 Å². The summed E-state index contributed by atoms with van der Waals surface area (Å²) in [6.45, 7) is 1.28.